The van der Waals surface area contributed by atoms with E-state index in [0.29, 0.717) is 0 Å². The molecule has 2 heteroatoms. The number of allylic oxidation sites excluding steroid dienone is 4. The van der Waals surface area contributed by atoms with Gasteiger partial charge in [-0.1, -0.05) is 85.0 Å². The Morgan fingerprint density at radius 2 is 1.00 bits per heavy atom. The summed E-state index contributed by atoms with van der Waals surface area (Å²) in [6, 6.07) is 22.2. The highest BCUT2D eigenvalue weighted by atomic mass is 15.3. The summed E-state index contributed by atoms with van der Waals surface area (Å²) < 4.78 is 0. The van der Waals surface area contributed by atoms with E-state index in [0.717, 1.165) is 35.5 Å². The second-order valence-electron chi connectivity index (χ2n) is 11.8. The van der Waals surface area contributed by atoms with E-state index in [1.165, 1.54) is 35.4 Å². The Morgan fingerprint density at radius 3 is 1.47 bits per heavy atom. The van der Waals surface area contributed by atoms with Gasteiger partial charge in [0.05, 0.1) is 11.4 Å². The van der Waals surface area contributed by atoms with Crippen LogP contribution in [0, 0.1) is 57.2 Å². The van der Waals surface area contributed by atoms with Crippen molar-refractivity contribution in [3.63, 3.8) is 0 Å². The summed E-state index contributed by atoms with van der Waals surface area (Å²) in [5.41, 5.74) is 6.03. The van der Waals surface area contributed by atoms with Crippen molar-refractivity contribution in [2.24, 2.45) is 67.4 Å². The third-order valence-electron chi connectivity index (χ3n) is 12.1. The summed E-state index contributed by atoms with van der Waals surface area (Å²) in [6.45, 7) is 0. The molecule has 2 aromatic rings. The average Bonchev–Trinajstić information content (AvgIpc) is 3.58. The highest BCUT2D eigenvalue weighted by Gasteiger charge is 3.09. The molecule has 8 aliphatic carbocycles. The summed E-state index contributed by atoms with van der Waals surface area (Å²) >= 11 is 0. The Bertz CT molecular complexity index is 1280. The van der Waals surface area contributed by atoms with Gasteiger partial charge in [-0.2, -0.15) is 10.2 Å². The van der Waals surface area contributed by atoms with E-state index in [1.807, 2.05) is 0 Å². The molecule has 11 rings (SSSR count). The molecule has 0 radical (unpaired) electrons. The van der Waals surface area contributed by atoms with E-state index in [1.54, 1.807) is 0 Å². The Labute approximate surface area is 187 Å². The lowest BCUT2D eigenvalue weighted by molar-refractivity contribution is -0.197. The summed E-state index contributed by atoms with van der Waals surface area (Å²) in [7, 11) is 0. The topological polar surface area (TPSA) is 24.7 Å². The van der Waals surface area contributed by atoms with E-state index in [9.17, 15) is 0 Å². The van der Waals surface area contributed by atoms with Gasteiger partial charge in [0.2, 0.25) is 0 Å². The third-order valence-corrected chi connectivity index (χ3v) is 12.1. The van der Waals surface area contributed by atoms with Gasteiger partial charge < -0.3 is 0 Å². The quantitative estimate of drug-likeness (QED) is 0.620. The van der Waals surface area contributed by atoms with Crippen LogP contribution in [0.1, 0.15) is 24.0 Å². The van der Waals surface area contributed by atoms with Crippen LogP contribution in [0.2, 0.25) is 0 Å². The maximum Gasteiger partial charge on any atom is 0.0786 e. The maximum absolute atomic E-state index is 5.20. The first kappa shape index (κ1) is 16.0. The van der Waals surface area contributed by atoms with Crippen molar-refractivity contribution in [3.8, 4) is 0 Å². The molecule has 2 aromatic carbocycles. The van der Waals surface area contributed by atoms with Crippen molar-refractivity contribution in [1.29, 1.82) is 0 Å². The van der Waals surface area contributed by atoms with E-state index in [2.05, 4.69) is 85.0 Å². The van der Waals surface area contributed by atoms with Crippen LogP contribution in [0.5, 0.6) is 0 Å². The van der Waals surface area contributed by atoms with E-state index < -0.39 is 0 Å². The number of benzene rings is 2. The zero-order valence-electron chi connectivity index (χ0n) is 17.9. The molecule has 1 heterocycles. The van der Waals surface area contributed by atoms with Gasteiger partial charge in [0, 0.05) is 21.7 Å². The number of hydrogen-bond acceptors (Lipinski definition) is 2. The van der Waals surface area contributed by atoms with E-state index in [4.69, 9.17) is 10.2 Å². The zero-order valence-corrected chi connectivity index (χ0v) is 17.9. The fraction of sp³-hybridized carbons (Fsp3) is 0.400. The van der Waals surface area contributed by atoms with Gasteiger partial charge in [-0.05, 0) is 59.5 Å². The van der Waals surface area contributed by atoms with Crippen LogP contribution in [0.25, 0.3) is 0 Å². The smallest absolute Gasteiger partial charge is 0.0786 e. The van der Waals surface area contributed by atoms with E-state index >= 15 is 0 Å². The molecular weight excluding hydrogens is 388 g/mol. The molecule has 1 aliphatic heterocycles. The van der Waals surface area contributed by atoms with E-state index in [-0.39, 0.29) is 21.7 Å². The molecule has 0 N–H and O–H groups in total. The predicted octanol–water partition coefficient (Wildman–Crippen LogP) is 5.52. The molecule has 2 nitrogen and oxygen atoms in total. The van der Waals surface area contributed by atoms with Gasteiger partial charge in [-0.25, -0.2) is 0 Å². The fourth-order valence-electron chi connectivity index (χ4n) is 12.7. The monoisotopic (exact) mass is 412 g/mol. The number of nitrogens with zero attached hydrogens (tertiary/aromatic N) is 2. The van der Waals surface area contributed by atoms with Gasteiger partial charge in [-0.3, -0.25) is 0 Å². The summed E-state index contributed by atoms with van der Waals surface area (Å²) in [5, 5.41) is 10.4. The highest BCUT2D eigenvalue weighted by molar-refractivity contribution is 6.20. The molecule has 10 atom stereocenters. The van der Waals surface area contributed by atoms with Gasteiger partial charge in [-0.15, -0.1) is 0 Å². The third kappa shape index (κ3) is 1.03. The second kappa shape index (κ2) is 4.38. The molecule has 0 amide bonds. The van der Waals surface area contributed by atoms with Crippen molar-refractivity contribution in [1.82, 2.24) is 0 Å². The Morgan fingerprint density at radius 1 is 0.562 bits per heavy atom. The Hall–Kier alpha value is -2.74. The van der Waals surface area contributed by atoms with Crippen molar-refractivity contribution in [2.75, 3.05) is 0 Å². The molecule has 32 heavy (non-hydrogen) atoms. The van der Waals surface area contributed by atoms with Crippen LogP contribution in [-0.2, 0) is 0 Å². The summed E-state index contributed by atoms with van der Waals surface area (Å²) in [6.07, 6.45) is 13.0. The predicted molar refractivity (Wildman–Crippen MR) is 124 cm³/mol. The van der Waals surface area contributed by atoms with Gasteiger partial charge >= 0.3 is 0 Å². The first-order valence-corrected chi connectivity index (χ1v) is 12.5. The van der Waals surface area contributed by atoms with Crippen LogP contribution in [-0.4, -0.2) is 11.4 Å². The Balaban J connectivity index is 1.39. The summed E-state index contributed by atoms with van der Waals surface area (Å²) in [5.74, 6) is 5.05. The average molecular weight is 413 g/mol. The SMILES string of the molecule is C1=C[C@@]23[C@@H]4C[C@H]5[C@H]6[C@@H]4[C@@H]4C[C@H]6[C@]6(C(c7ccccc7)=NN=C(c7ccccc7)[C@]426)[C@]53C=C1. The molecule has 7 fully saturated rings. The van der Waals surface area contributed by atoms with Crippen LogP contribution >= 0.6 is 0 Å². The lowest BCUT2D eigenvalue weighted by Gasteiger charge is -2.78. The van der Waals surface area contributed by atoms with Crippen LogP contribution in [0.3, 0.4) is 0 Å². The lowest BCUT2D eigenvalue weighted by atomic mass is 9.23. The molecule has 4 spiro atoms. The van der Waals surface area contributed by atoms with Crippen molar-refractivity contribution >= 4 is 11.4 Å². The number of rotatable bonds is 2. The van der Waals surface area contributed by atoms with Crippen molar-refractivity contribution in [3.05, 3.63) is 96.1 Å². The van der Waals surface area contributed by atoms with Crippen molar-refractivity contribution < 1.29 is 0 Å². The van der Waals surface area contributed by atoms with Crippen molar-refractivity contribution in [2.45, 2.75) is 12.8 Å². The first-order valence-electron chi connectivity index (χ1n) is 12.5. The minimum absolute atomic E-state index is 0.122. The minimum Gasteiger partial charge on any atom is -0.154 e. The maximum atomic E-state index is 5.20. The van der Waals surface area contributed by atoms with Gasteiger partial charge in [0.15, 0.2) is 0 Å². The summed E-state index contributed by atoms with van der Waals surface area (Å²) in [4.78, 5) is 0. The molecule has 0 unspecified atom stereocenters. The lowest BCUT2D eigenvalue weighted by Crippen LogP contribution is -2.81. The second-order valence-corrected chi connectivity index (χ2v) is 11.8. The number of hydrogen-bond donors (Lipinski definition) is 0. The standard InChI is InChI=1S/C30H24N2/c1-3-9-17(10-4-1)25-29-21-16-22-24-20-15-19(23(21)24)27(29)13-7-8-14-28(20,27)30(22,29)26(32-31-25)18-11-5-2-6-12-18/h1-14,19-24H,15-16H2/t19-,20+,21+,22-,23+,24-,27+,28-,29-,30+. The molecule has 0 saturated heterocycles. The van der Waals surface area contributed by atoms with Crippen LogP contribution in [0.15, 0.2) is 95.2 Å². The molecule has 154 valence electrons. The molecule has 7 saturated carbocycles. The largest absolute Gasteiger partial charge is 0.154 e. The van der Waals surface area contributed by atoms with Gasteiger partial charge in [0.1, 0.15) is 0 Å². The Kier molecular flexibility index (Phi) is 2.18. The minimum atomic E-state index is 0.122. The molecule has 9 aliphatic rings. The van der Waals surface area contributed by atoms with Crippen LogP contribution < -0.4 is 0 Å². The first-order chi connectivity index (χ1) is 15.9. The molecule has 4 bridgehead atoms. The normalized spacial score (nSPS) is 54.6. The molecule has 0 aromatic heterocycles. The zero-order chi connectivity index (χ0) is 20.5. The molecular formula is C30H24N2. The van der Waals surface area contributed by atoms with Gasteiger partial charge in [0.25, 0.3) is 0 Å². The fourth-order valence-corrected chi connectivity index (χ4v) is 12.7. The highest BCUT2D eigenvalue weighted by Crippen LogP contribution is 3.09. The van der Waals surface area contributed by atoms with Crippen LogP contribution in [0.4, 0.5) is 0 Å².